The van der Waals surface area contributed by atoms with Gasteiger partial charge in [-0.05, 0) is 29.2 Å². The summed E-state index contributed by atoms with van der Waals surface area (Å²) in [7, 11) is 0. The third-order valence-corrected chi connectivity index (χ3v) is 5.00. The van der Waals surface area contributed by atoms with Crippen LogP contribution in [-0.4, -0.2) is 35.6 Å². The largest absolute Gasteiger partial charge is 0.416 e. The third kappa shape index (κ3) is 3.43. The minimum absolute atomic E-state index is 0.476. The van der Waals surface area contributed by atoms with Crippen molar-refractivity contribution in [3.8, 4) is 0 Å². The molecule has 2 heterocycles. The molecule has 1 aliphatic heterocycles. The first-order valence-electron chi connectivity index (χ1n) is 5.60. The molecule has 0 radical (unpaired) electrons. The molecule has 0 aliphatic carbocycles. The smallest absolute Gasteiger partial charge is 0.382 e. The predicted molar refractivity (Wildman–Crippen MR) is 68.3 cm³/mol. The van der Waals surface area contributed by atoms with E-state index in [-0.39, 0.29) is 0 Å². The van der Waals surface area contributed by atoms with E-state index in [1.165, 1.54) is 11.8 Å². The van der Waals surface area contributed by atoms with Gasteiger partial charge in [0.25, 0.3) is 0 Å². The van der Waals surface area contributed by atoms with Crippen LogP contribution in [0.4, 0.5) is 13.2 Å². The van der Waals surface area contributed by atoms with E-state index in [2.05, 4.69) is 5.32 Å². The highest BCUT2D eigenvalue weighted by atomic mass is 32.2. The summed E-state index contributed by atoms with van der Waals surface area (Å²) in [5, 5.41) is 12.4. The van der Waals surface area contributed by atoms with Crippen molar-refractivity contribution in [1.82, 2.24) is 5.32 Å². The second-order valence-corrected chi connectivity index (χ2v) is 6.32. The van der Waals surface area contributed by atoms with Gasteiger partial charge in [-0.3, -0.25) is 4.79 Å². The molecular weight excluding hydrogens is 299 g/mol. The van der Waals surface area contributed by atoms with Crippen molar-refractivity contribution < 1.29 is 23.1 Å². The minimum atomic E-state index is -4.71. The lowest BCUT2D eigenvalue weighted by Gasteiger charge is -2.22. The van der Waals surface area contributed by atoms with E-state index >= 15 is 0 Å². The number of fused-ring (bicyclic) bond motifs is 1. The lowest BCUT2D eigenvalue weighted by molar-refractivity contribution is -0.201. The summed E-state index contributed by atoms with van der Waals surface area (Å²) in [6.07, 6.45) is -6.35. The van der Waals surface area contributed by atoms with Gasteiger partial charge in [0.15, 0.2) is 6.10 Å². The number of hydrogen-bond donors (Lipinski definition) is 2. The molecule has 0 aromatic carbocycles. The van der Waals surface area contributed by atoms with Gasteiger partial charge >= 0.3 is 6.18 Å². The monoisotopic (exact) mass is 311 g/mol. The highest BCUT2D eigenvalue weighted by Gasteiger charge is 2.39. The number of nitrogens with one attached hydrogen (secondary N) is 1. The van der Waals surface area contributed by atoms with Crippen LogP contribution in [0.2, 0.25) is 0 Å². The van der Waals surface area contributed by atoms with Crippen LogP contribution in [0.25, 0.3) is 0 Å². The molecule has 106 valence electrons. The van der Waals surface area contributed by atoms with Crippen LogP contribution in [0, 0.1) is 0 Å². The van der Waals surface area contributed by atoms with Crippen molar-refractivity contribution in [2.75, 3.05) is 12.3 Å². The molecule has 0 unspecified atom stereocenters. The first kappa shape index (κ1) is 14.7. The Morgan fingerprint density at radius 3 is 3.00 bits per heavy atom. The van der Waals surface area contributed by atoms with Gasteiger partial charge in [0.1, 0.15) is 5.25 Å². The molecule has 1 aromatic rings. The molecule has 0 saturated carbocycles. The Labute approximate surface area is 116 Å². The molecule has 19 heavy (non-hydrogen) atoms. The molecule has 1 aromatic heterocycles. The number of thioether (sulfide) groups is 1. The average Bonchev–Trinajstić information content (AvgIpc) is 2.82. The number of aliphatic hydroxyl groups excluding tert-OH is 1. The minimum Gasteiger partial charge on any atom is -0.382 e. The lowest BCUT2D eigenvalue weighted by Crippen LogP contribution is -2.42. The number of halogens is 3. The van der Waals surface area contributed by atoms with Crippen molar-refractivity contribution in [3.05, 3.63) is 21.9 Å². The standard InChI is InChI=1S/C11H12F3NO2S2/c12-11(13,14)8(16)5-15-10(17)9-6-1-3-18-7(6)2-4-19-9/h1,3,8-9,16H,2,4-5H2,(H,15,17)/t8-,9+/m0/s1. The van der Waals surface area contributed by atoms with E-state index in [0.717, 1.165) is 22.6 Å². The van der Waals surface area contributed by atoms with Crippen LogP contribution in [0.1, 0.15) is 15.7 Å². The second-order valence-electron chi connectivity index (χ2n) is 4.10. The van der Waals surface area contributed by atoms with E-state index in [1.54, 1.807) is 11.3 Å². The van der Waals surface area contributed by atoms with E-state index in [0.29, 0.717) is 0 Å². The zero-order chi connectivity index (χ0) is 14.0. The van der Waals surface area contributed by atoms with E-state index < -0.39 is 30.0 Å². The highest BCUT2D eigenvalue weighted by Crippen LogP contribution is 2.39. The Morgan fingerprint density at radius 1 is 1.58 bits per heavy atom. The molecular formula is C11H12F3NO2S2. The van der Waals surface area contributed by atoms with Gasteiger partial charge in [0.2, 0.25) is 5.91 Å². The SMILES string of the molecule is O=C(NC[C@H](O)C(F)(F)F)[C@@H]1SCCc2sccc21. The van der Waals surface area contributed by atoms with Crippen molar-refractivity contribution in [2.24, 2.45) is 0 Å². The molecule has 0 spiro atoms. The number of aryl methyl sites for hydroxylation is 1. The summed E-state index contributed by atoms with van der Waals surface area (Å²) >= 11 is 2.96. The molecule has 2 atom stereocenters. The van der Waals surface area contributed by atoms with Gasteiger partial charge in [-0.15, -0.1) is 23.1 Å². The molecule has 8 heteroatoms. The third-order valence-electron chi connectivity index (χ3n) is 2.76. The van der Waals surface area contributed by atoms with Crippen LogP contribution in [0.15, 0.2) is 11.4 Å². The number of rotatable bonds is 3. The zero-order valence-corrected chi connectivity index (χ0v) is 11.4. The van der Waals surface area contributed by atoms with Crippen molar-refractivity contribution in [3.63, 3.8) is 0 Å². The van der Waals surface area contributed by atoms with Gasteiger partial charge in [0.05, 0.1) is 6.54 Å². The number of amides is 1. The van der Waals surface area contributed by atoms with Gasteiger partial charge in [-0.25, -0.2) is 0 Å². The van der Waals surface area contributed by atoms with Gasteiger partial charge in [-0.1, -0.05) is 0 Å². The average molecular weight is 311 g/mol. The zero-order valence-electron chi connectivity index (χ0n) is 9.74. The maximum atomic E-state index is 12.1. The van der Waals surface area contributed by atoms with Gasteiger partial charge in [0, 0.05) is 4.88 Å². The molecule has 2 rings (SSSR count). The Balaban J connectivity index is 1.95. The first-order chi connectivity index (χ1) is 8.89. The van der Waals surface area contributed by atoms with Crippen LogP contribution in [0.3, 0.4) is 0 Å². The lowest BCUT2D eigenvalue weighted by atomic mass is 10.1. The molecule has 1 amide bonds. The normalized spacial score (nSPS) is 20.7. The summed E-state index contributed by atoms with van der Waals surface area (Å²) in [5.74, 6) is 0.292. The summed E-state index contributed by atoms with van der Waals surface area (Å²) < 4.78 is 36.4. The quantitative estimate of drug-likeness (QED) is 0.899. The Hall–Kier alpha value is -0.730. The summed E-state index contributed by atoms with van der Waals surface area (Å²) in [5.41, 5.74) is 0.875. The van der Waals surface area contributed by atoms with Crippen molar-refractivity contribution in [1.29, 1.82) is 0 Å². The fraction of sp³-hybridized carbons (Fsp3) is 0.545. The van der Waals surface area contributed by atoms with E-state index in [1.807, 2.05) is 11.4 Å². The van der Waals surface area contributed by atoms with E-state index in [9.17, 15) is 18.0 Å². The molecule has 0 bridgehead atoms. The van der Waals surface area contributed by atoms with Crippen molar-refractivity contribution in [2.45, 2.75) is 24.0 Å². The number of thiophene rings is 1. The van der Waals surface area contributed by atoms with Crippen molar-refractivity contribution >= 4 is 29.0 Å². The van der Waals surface area contributed by atoms with Crippen LogP contribution >= 0.6 is 23.1 Å². The van der Waals surface area contributed by atoms with Gasteiger partial charge in [-0.2, -0.15) is 13.2 Å². The summed E-state index contributed by atoms with van der Waals surface area (Å²) in [6.45, 7) is -0.807. The summed E-state index contributed by atoms with van der Waals surface area (Å²) in [4.78, 5) is 13.0. The predicted octanol–water partition coefficient (Wildman–Crippen LogP) is 2.12. The highest BCUT2D eigenvalue weighted by molar-refractivity contribution is 8.00. The number of carbonyl (C=O) groups excluding carboxylic acids is 1. The van der Waals surface area contributed by atoms with Crippen LogP contribution in [-0.2, 0) is 11.2 Å². The molecule has 1 aliphatic rings. The van der Waals surface area contributed by atoms with Crippen LogP contribution in [0.5, 0.6) is 0 Å². The van der Waals surface area contributed by atoms with E-state index in [4.69, 9.17) is 5.11 Å². The number of aliphatic hydroxyl groups is 1. The molecule has 0 fully saturated rings. The Kier molecular flexibility index (Phi) is 4.42. The molecule has 3 nitrogen and oxygen atoms in total. The summed E-state index contributed by atoms with van der Waals surface area (Å²) in [6, 6.07) is 1.83. The first-order valence-corrected chi connectivity index (χ1v) is 7.53. The topological polar surface area (TPSA) is 49.3 Å². The number of hydrogen-bond acceptors (Lipinski definition) is 4. The Bertz CT molecular complexity index is 461. The second kappa shape index (κ2) is 5.72. The van der Waals surface area contributed by atoms with Gasteiger partial charge < -0.3 is 10.4 Å². The number of carbonyl (C=O) groups is 1. The molecule has 0 saturated heterocycles. The fourth-order valence-corrected chi connectivity index (χ4v) is 4.09. The Morgan fingerprint density at radius 2 is 2.32 bits per heavy atom. The number of alkyl halides is 3. The maximum absolute atomic E-state index is 12.1. The maximum Gasteiger partial charge on any atom is 0.416 e. The fourth-order valence-electron chi connectivity index (χ4n) is 1.77. The molecule has 2 N–H and O–H groups in total. The van der Waals surface area contributed by atoms with Crippen LogP contribution < -0.4 is 5.32 Å².